The third kappa shape index (κ3) is 4.56. The number of nitrogens with zero attached hydrogens (tertiary/aromatic N) is 5. The van der Waals surface area contributed by atoms with Gasteiger partial charge in [-0.3, -0.25) is 9.48 Å². The van der Waals surface area contributed by atoms with Gasteiger partial charge in [-0.15, -0.1) is 0 Å². The number of hydrogen-bond donors (Lipinski definition) is 1. The quantitative estimate of drug-likeness (QED) is 0.440. The Labute approximate surface area is 207 Å². The van der Waals surface area contributed by atoms with Crippen LogP contribution in [0.3, 0.4) is 0 Å². The maximum atomic E-state index is 13.1. The highest BCUT2D eigenvalue weighted by atomic mass is 31.0. The molecule has 35 heavy (non-hydrogen) atoms. The Morgan fingerprint density at radius 2 is 1.94 bits per heavy atom. The van der Waals surface area contributed by atoms with Gasteiger partial charge in [-0.1, -0.05) is 15.3 Å². The average molecular weight is 491 g/mol. The van der Waals surface area contributed by atoms with Crippen molar-refractivity contribution in [3.05, 3.63) is 60.2 Å². The molecule has 1 aliphatic heterocycles. The van der Waals surface area contributed by atoms with Crippen LogP contribution < -0.4 is 15.7 Å². The van der Waals surface area contributed by atoms with Gasteiger partial charge in [0, 0.05) is 42.9 Å². The van der Waals surface area contributed by atoms with E-state index in [4.69, 9.17) is 4.74 Å². The summed E-state index contributed by atoms with van der Waals surface area (Å²) in [5, 5.41) is 7.48. The van der Waals surface area contributed by atoms with E-state index in [0.29, 0.717) is 18.8 Å². The standard InChI is InChI=1S/C26H31N6O2P/c1-17-5-6-19(29-24(33)21-15-28-32(25(21)35)26(2,3)4)14-20(17)18-13-22(30-9-11-34-12-10-30)23-27-7-8-31(23)16-18/h5-8,13-16H,9-12,35H2,1-4H3,(H,29,33). The fourth-order valence-electron chi connectivity index (χ4n) is 4.48. The number of hydrogen-bond acceptors (Lipinski definition) is 5. The molecule has 182 valence electrons. The molecule has 1 aliphatic rings. The summed E-state index contributed by atoms with van der Waals surface area (Å²) in [4.78, 5) is 20.0. The number of carbonyl (C=O) groups is 1. The Morgan fingerprint density at radius 3 is 2.66 bits per heavy atom. The van der Waals surface area contributed by atoms with E-state index in [1.54, 1.807) is 6.20 Å². The van der Waals surface area contributed by atoms with Crippen LogP contribution in [-0.2, 0) is 10.3 Å². The Kier molecular flexibility index (Phi) is 6.11. The molecule has 8 nitrogen and oxygen atoms in total. The summed E-state index contributed by atoms with van der Waals surface area (Å²) in [5.41, 5.74) is 7.11. The van der Waals surface area contributed by atoms with Crippen molar-refractivity contribution in [3.8, 4) is 11.1 Å². The van der Waals surface area contributed by atoms with Crippen LogP contribution in [0, 0.1) is 6.92 Å². The fraction of sp³-hybridized carbons (Fsp3) is 0.346. The number of anilines is 2. The number of aryl methyl sites for hydroxylation is 1. The topological polar surface area (TPSA) is 76.7 Å². The maximum Gasteiger partial charge on any atom is 0.259 e. The highest BCUT2D eigenvalue weighted by molar-refractivity contribution is 7.27. The Hall–Kier alpha value is -3.22. The molecule has 0 radical (unpaired) electrons. The zero-order valence-electron chi connectivity index (χ0n) is 20.6. The summed E-state index contributed by atoms with van der Waals surface area (Å²) in [5.74, 6) is -0.181. The van der Waals surface area contributed by atoms with Crippen molar-refractivity contribution in [2.24, 2.45) is 0 Å². The third-order valence-corrected chi connectivity index (χ3v) is 6.87. The number of nitrogens with one attached hydrogen (secondary N) is 1. The first kappa shape index (κ1) is 23.5. The molecule has 1 aromatic carbocycles. The number of ether oxygens (including phenoxy) is 1. The van der Waals surface area contributed by atoms with Crippen molar-refractivity contribution in [2.45, 2.75) is 33.2 Å². The normalized spacial score (nSPS) is 14.5. The average Bonchev–Trinajstić information content (AvgIpc) is 3.46. The van der Waals surface area contributed by atoms with E-state index in [2.05, 4.69) is 73.9 Å². The monoisotopic (exact) mass is 490 g/mol. The summed E-state index contributed by atoms with van der Waals surface area (Å²) in [7, 11) is 2.65. The second-order valence-electron chi connectivity index (χ2n) is 9.88. The summed E-state index contributed by atoms with van der Waals surface area (Å²) in [6.07, 6.45) is 7.51. The minimum Gasteiger partial charge on any atom is -0.378 e. The molecular weight excluding hydrogens is 459 g/mol. The minimum atomic E-state index is -0.212. The van der Waals surface area contributed by atoms with Crippen molar-refractivity contribution in [2.75, 3.05) is 36.5 Å². The van der Waals surface area contributed by atoms with E-state index in [-0.39, 0.29) is 11.4 Å². The minimum absolute atomic E-state index is 0.181. The summed E-state index contributed by atoms with van der Waals surface area (Å²) in [6, 6.07) is 8.20. The van der Waals surface area contributed by atoms with Gasteiger partial charge in [-0.05, 0) is 57.0 Å². The molecule has 0 aliphatic carbocycles. The number of aromatic nitrogens is 4. The predicted octanol–water partition coefficient (Wildman–Crippen LogP) is 3.85. The van der Waals surface area contributed by atoms with E-state index in [0.717, 1.165) is 52.2 Å². The molecule has 9 heteroatoms. The number of carbonyl (C=O) groups excluding carboxylic acids is 1. The van der Waals surface area contributed by atoms with E-state index in [1.165, 1.54) is 0 Å². The molecule has 0 spiro atoms. The molecule has 0 saturated carbocycles. The lowest BCUT2D eigenvalue weighted by molar-refractivity contribution is 0.102. The molecule has 1 atom stereocenters. The smallest absolute Gasteiger partial charge is 0.259 e. The maximum absolute atomic E-state index is 13.1. The number of morpholine rings is 1. The molecule has 1 N–H and O–H groups in total. The number of benzene rings is 1. The molecule has 1 saturated heterocycles. The van der Waals surface area contributed by atoms with Crippen LogP contribution in [0.15, 0.2) is 49.1 Å². The largest absolute Gasteiger partial charge is 0.378 e. The molecule has 0 bridgehead atoms. The highest BCUT2D eigenvalue weighted by Crippen LogP contribution is 2.32. The predicted molar refractivity (Wildman–Crippen MR) is 143 cm³/mol. The van der Waals surface area contributed by atoms with E-state index < -0.39 is 0 Å². The van der Waals surface area contributed by atoms with Crippen LogP contribution in [0.2, 0.25) is 0 Å². The van der Waals surface area contributed by atoms with Crippen LogP contribution in [0.4, 0.5) is 11.4 Å². The lowest BCUT2D eigenvalue weighted by atomic mass is 10.0. The number of fused-ring (bicyclic) bond motifs is 1. The number of rotatable bonds is 4. The number of amides is 1. The van der Waals surface area contributed by atoms with Gasteiger partial charge in [0.25, 0.3) is 5.91 Å². The SMILES string of the molecule is Cc1ccc(NC(=O)c2cnn(C(C)(C)C)c2P)cc1-c1cc(N2CCOCC2)c2nccn2c1. The summed E-state index contributed by atoms with van der Waals surface area (Å²) < 4.78 is 9.46. The second kappa shape index (κ2) is 9.10. The molecule has 5 rings (SSSR count). The first-order valence-electron chi connectivity index (χ1n) is 11.8. The Balaban J connectivity index is 1.48. The van der Waals surface area contributed by atoms with Crippen molar-refractivity contribution in [3.63, 3.8) is 0 Å². The molecule has 1 unspecified atom stereocenters. The van der Waals surface area contributed by atoms with Crippen molar-refractivity contribution in [1.82, 2.24) is 19.2 Å². The van der Waals surface area contributed by atoms with Crippen LogP contribution in [-0.4, -0.2) is 51.4 Å². The van der Waals surface area contributed by atoms with Crippen LogP contribution in [0.1, 0.15) is 36.7 Å². The molecule has 1 amide bonds. The van der Waals surface area contributed by atoms with Crippen molar-refractivity contribution < 1.29 is 9.53 Å². The van der Waals surface area contributed by atoms with E-state index >= 15 is 0 Å². The van der Waals surface area contributed by atoms with Gasteiger partial charge in [-0.2, -0.15) is 5.10 Å². The van der Waals surface area contributed by atoms with Gasteiger partial charge in [0.1, 0.15) is 0 Å². The Bertz CT molecular complexity index is 1390. The number of imidazole rings is 1. The van der Waals surface area contributed by atoms with Crippen molar-refractivity contribution in [1.29, 1.82) is 0 Å². The van der Waals surface area contributed by atoms with Crippen LogP contribution in [0.5, 0.6) is 0 Å². The first-order valence-corrected chi connectivity index (χ1v) is 12.4. The van der Waals surface area contributed by atoms with Crippen LogP contribution >= 0.6 is 9.24 Å². The van der Waals surface area contributed by atoms with E-state index in [1.807, 2.05) is 35.3 Å². The summed E-state index contributed by atoms with van der Waals surface area (Å²) in [6.45, 7) is 11.3. The van der Waals surface area contributed by atoms with Crippen molar-refractivity contribution >= 4 is 37.6 Å². The molecular formula is C26H31N6O2P. The lowest BCUT2D eigenvalue weighted by Gasteiger charge is -2.29. The van der Waals surface area contributed by atoms with Gasteiger partial charge in [-0.25, -0.2) is 4.98 Å². The zero-order chi connectivity index (χ0) is 24.7. The van der Waals surface area contributed by atoms with Gasteiger partial charge in [0.05, 0.1) is 41.6 Å². The Morgan fingerprint density at radius 1 is 1.17 bits per heavy atom. The van der Waals surface area contributed by atoms with Gasteiger partial charge in [0.2, 0.25) is 0 Å². The highest BCUT2D eigenvalue weighted by Gasteiger charge is 2.22. The number of pyridine rings is 1. The molecule has 1 fully saturated rings. The molecule has 4 heterocycles. The molecule has 3 aromatic heterocycles. The van der Waals surface area contributed by atoms with E-state index in [9.17, 15) is 4.79 Å². The van der Waals surface area contributed by atoms with Crippen LogP contribution in [0.25, 0.3) is 16.8 Å². The van der Waals surface area contributed by atoms with Gasteiger partial charge >= 0.3 is 0 Å². The zero-order valence-corrected chi connectivity index (χ0v) is 21.7. The lowest BCUT2D eigenvalue weighted by Crippen LogP contribution is -2.36. The summed E-state index contributed by atoms with van der Waals surface area (Å²) >= 11 is 0. The first-order chi connectivity index (χ1) is 16.7. The third-order valence-electron chi connectivity index (χ3n) is 6.31. The fourth-order valence-corrected chi connectivity index (χ4v) is 5.14. The molecule has 4 aromatic rings. The van der Waals surface area contributed by atoms with Gasteiger partial charge < -0.3 is 19.4 Å². The second-order valence-corrected chi connectivity index (χ2v) is 10.4. The van der Waals surface area contributed by atoms with Gasteiger partial charge in [0.15, 0.2) is 5.65 Å².